The van der Waals surface area contributed by atoms with Gasteiger partial charge >= 0.3 is 0 Å². The van der Waals surface area contributed by atoms with Crippen LogP contribution in [0.1, 0.15) is 34.3 Å². The monoisotopic (exact) mass is 495 g/mol. The lowest BCUT2D eigenvalue weighted by Gasteiger charge is -2.20. The number of hydrogen-bond acceptors (Lipinski definition) is 5. The highest BCUT2D eigenvalue weighted by molar-refractivity contribution is 7.14. The smallest absolute Gasteiger partial charge is 0.260 e. The largest absolute Gasteiger partial charge is 0.284 e. The summed E-state index contributed by atoms with van der Waals surface area (Å²) in [6, 6.07) is 27.1. The molecule has 3 amide bonds. The predicted octanol–water partition coefficient (Wildman–Crippen LogP) is 5.35. The molecule has 1 aliphatic rings. The van der Waals surface area contributed by atoms with Crippen molar-refractivity contribution in [3.8, 4) is 11.3 Å². The molecule has 4 aromatic rings. The highest BCUT2D eigenvalue weighted by Crippen LogP contribution is 2.29. The van der Waals surface area contributed by atoms with E-state index in [4.69, 9.17) is 4.98 Å². The zero-order valence-electron chi connectivity index (χ0n) is 19.7. The van der Waals surface area contributed by atoms with E-state index in [1.54, 1.807) is 29.2 Å². The summed E-state index contributed by atoms with van der Waals surface area (Å²) >= 11 is 1.45. The molecule has 0 bridgehead atoms. The van der Waals surface area contributed by atoms with Crippen LogP contribution < -0.4 is 4.90 Å². The van der Waals surface area contributed by atoms with Crippen LogP contribution in [0.2, 0.25) is 0 Å². The summed E-state index contributed by atoms with van der Waals surface area (Å²) in [5.41, 5.74) is 4.33. The van der Waals surface area contributed by atoms with Crippen molar-refractivity contribution in [2.45, 2.75) is 25.8 Å². The Labute approximate surface area is 213 Å². The Kier molecular flexibility index (Phi) is 7.00. The summed E-state index contributed by atoms with van der Waals surface area (Å²) < 4.78 is 0. The Balaban J connectivity index is 1.37. The second kappa shape index (κ2) is 10.7. The van der Waals surface area contributed by atoms with Gasteiger partial charge in [0.15, 0.2) is 5.13 Å². The summed E-state index contributed by atoms with van der Waals surface area (Å²) in [5.74, 6) is -0.435. The molecule has 0 radical (unpaired) electrons. The maximum Gasteiger partial charge on any atom is 0.260 e. The van der Waals surface area contributed by atoms with E-state index < -0.39 is 0 Å². The van der Waals surface area contributed by atoms with Gasteiger partial charge in [0, 0.05) is 35.9 Å². The Hall–Kier alpha value is -4.10. The molecule has 5 rings (SSSR count). The first-order chi connectivity index (χ1) is 17.6. The molecular formula is C29H25N3O3S. The number of likely N-dealkylation sites (tertiary alicyclic amines) is 1. The minimum Gasteiger partial charge on any atom is -0.284 e. The third-order valence-corrected chi connectivity index (χ3v) is 7.06. The fraction of sp³-hybridized carbons (Fsp3) is 0.172. The van der Waals surface area contributed by atoms with Crippen LogP contribution in [-0.4, -0.2) is 34.2 Å². The lowest BCUT2D eigenvalue weighted by atomic mass is 10.1. The molecule has 0 aliphatic carbocycles. The number of hydrogen-bond donors (Lipinski definition) is 0. The van der Waals surface area contributed by atoms with E-state index in [0.717, 1.165) is 22.4 Å². The molecule has 0 unspecified atom stereocenters. The quantitative estimate of drug-likeness (QED) is 0.309. The SMILES string of the molecule is O=C1CCC(=O)N1Cc1ccc(C(=O)N(CCc2ccccc2)c2nc(-c3ccccc3)cs2)cc1. The zero-order chi connectivity index (χ0) is 24.9. The van der Waals surface area contributed by atoms with Crippen molar-refractivity contribution < 1.29 is 14.4 Å². The third-order valence-electron chi connectivity index (χ3n) is 6.20. The summed E-state index contributed by atoms with van der Waals surface area (Å²) in [5, 5.41) is 2.62. The van der Waals surface area contributed by atoms with Crippen LogP contribution in [0.4, 0.5) is 5.13 Å². The number of anilines is 1. The number of amides is 3. The molecule has 6 nitrogen and oxygen atoms in total. The molecule has 0 saturated carbocycles. The maximum atomic E-state index is 13.6. The minimum atomic E-state index is -0.148. The van der Waals surface area contributed by atoms with Gasteiger partial charge in [-0.15, -0.1) is 11.3 Å². The molecule has 0 N–H and O–H groups in total. The van der Waals surface area contributed by atoms with E-state index in [0.29, 0.717) is 23.7 Å². The van der Waals surface area contributed by atoms with Crippen LogP contribution in [-0.2, 0) is 22.6 Å². The van der Waals surface area contributed by atoms with E-state index >= 15 is 0 Å². The molecule has 1 aromatic heterocycles. The normalized spacial score (nSPS) is 13.3. The van der Waals surface area contributed by atoms with Gasteiger partial charge in [-0.2, -0.15) is 0 Å². The Bertz CT molecular complexity index is 1350. The molecule has 0 atom stereocenters. The van der Waals surface area contributed by atoms with E-state index in [-0.39, 0.29) is 37.1 Å². The van der Waals surface area contributed by atoms with E-state index in [1.165, 1.54) is 16.2 Å². The third kappa shape index (κ3) is 5.26. The second-order valence-corrected chi connectivity index (χ2v) is 9.48. The van der Waals surface area contributed by atoms with Crippen molar-refractivity contribution in [1.29, 1.82) is 0 Å². The first-order valence-electron chi connectivity index (χ1n) is 11.9. The highest BCUT2D eigenvalue weighted by Gasteiger charge is 2.29. The minimum absolute atomic E-state index is 0.139. The van der Waals surface area contributed by atoms with E-state index in [2.05, 4.69) is 12.1 Å². The molecule has 1 fully saturated rings. The molecular weight excluding hydrogens is 470 g/mol. The van der Waals surface area contributed by atoms with Gasteiger partial charge in [-0.25, -0.2) is 4.98 Å². The molecule has 1 saturated heterocycles. The number of carbonyl (C=O) groups is 3. The zero-order valence-corrected chi connectivity index (χ0v) is 20.5. The lowest BCUT2D eigenvalue weighted by Crippen LogP contribution is -2.33. The first-order valence-corrected chi connectivity index (χ1v) is 12.8. The van der Waals surface area contributed by atoms with Gasteiger partial charge in [-0.05, 0) is 29.7 Å². The second-order valence-electron chi connectivity index (χ2n) is 8.64. The predicted molar refractivity (Wildman–Crippen MR) is 141 cm³/mol. The molecule has 2 heterocycles. The molecule has 3 aromatic carbocycles. The number of benzene rings is 3. The van der Waals surface area contributed by atoms with Crippen LogP contribution in [0, 0.1) is 0 Å². The van der Waals surface area contributed by atoms with Crippen molar-refractivity contribution in [3.05, 3.63) is 107 Å². The summed E-state index contributed by atoms with van der Waals surface area (Å²) in [6.45, 7) is 0.722. The van der Waals surface area contributed by atoms with Crippen molar-refractivity contribution in [2.75, 3.05) is 11.4 Å². The number of rotatable bonds is 8. The van der Waals surface area contributed by atoms with E-state index in [1.807, 2.05) is 53.9 Å². The van der Waals surface area contributed by atoms with Crippen molar-refractivity contribution >= 4 is 34.2 Å². The van der Waals surface area contributed by atoms with Crippen LogP contribution in [0.3, 0.4) is 0 Å². The Morgan fingerprint density at radius 3 is 2.14 bits per heavy atom. The van der Waals surface area contributed by atoms with Gasteiger partial charge in [0.1, 0.15) is 0 Å². The summed E-state index contributed by atoms with van der Waals surface area (Å²) in [7, 11) is 0. The number of nitrogens with zero attached hydrogens (tertiary/aromatic N) is 3. The van der Waals surface area contributed by atoms with Gasteiger partial charge in [0.2, 0.25) is 11.8 Å². The fourth-order valence-electron chi connectivity index (χ4n) is 4.19. The van der Waals surface area contributed by atoms with Crippen LogP contribution in [0.25, 0.3) is 11.3 Å². The van der Waals surface area contributed by atoms with Gasteiger partial charge in [0.25, 0.3) is 5.91 Å². The van der Waals surface area contributed by atoms with E-state index in [9.17, 15) is 14.4 Å². The average molecular weight is 496 g/mol. The first kappa shape index (κ1) is 23.6. The lowest BCUT2D eigenvalue weighted by molar-refractivity contribution is -0.139. The molecule has 1 aliphatic heterocycles. The molecule has 180 valence electrons. The van der Waals surface area contributed by atoms with Gasteiger partial charge in [-0.1, -0.05) is 72.8 Å². The standard InChI is InChI=1S/C29H25N3O3S/c33-26-15-16-27(34)32(26)19-22-11-13-24(14-12-22)28(35)31(18-17-21-7-3-1-4-8-21)29-30-25(20-36-29)23-9-5-2-6-10-23/h1-14,20H,15-19H2. The molecule has 0 spiro atoms. The van der Waals surface area contributed by atoms with Crippen molar-refractivity contribution in [2.24, 2.45) is 0 Å². The fourth-order valence-corrected chi connectivity index (χ4v) is 5.05. The number of aromatic nitrogens is 1. The van der Waals surface area contributed by atoms with Crippen LogP contribution in [0.5, 0.6) is 0 Å². The van der Waals surface area contributed by atoms with Crippen molar-refractivity contribution in [3.63, 3.8) is 0 Å². The number of carbonyl (C=O) groups excluding carboxylic acids is 3. The van der Waals surface area contributed by atoms with Gasteiger partial charge in [0.05, 0.1) is 12.2 Å². The Morgan fingerprint density at radius 1 is 0.833 bits per heavy atom. The average Bonchev–Trinajstić information content (AvgIpc) is 3.53. The summed E-state index contributed by atoms with van der Waals surface area (Å²) in [6.07, 6.45) is 1.24. The van der Waals surface area contributed by atoms with Gasteiger partial charge in [-0.3, -0.25) is 24.2 Å². The summed E-state index contributed by atoms with van der Waals surface area (Å²) in [4.78, 5) is 45.3. The topological polar surface area (TPSA) is 70.6 Å². The van der Waals surface area contributed by atoms with Crippen LogP contribution >= 0.6 is 11.3 Å². The maximum absolute atomic E-state index is 13.6. The number of thiazole rings is 1. The Morgan fingerprint density at radius 2 is 1.47 bits per heavy atom. The highest BCUT2D eigenvalue weighted by atomic mass is 32.1. The van der Waals surface area contributed by atoms with Gasteiger partial charge < -0.3 is 0 Å². The molecule has 7 heteroatoms. The van der Waals surface area contributed by atoms with Crippen molar-refractivity contribution in [1.82, 2.24) is 9.88 Å². The number of imide groups is 1. The molecule has 36 heavy (non-hydrogen) atoms. The van der Waals surface area contributed by atoms with Crippen LogP contribution in [0.15, 0.2) is 90.3 Å².